The highest BCUT2D eigenvalue weighted by Gasteiger charge is 2.10. The van der Waals surface area contributed by atoms with Crippen molar-refractivity contribution in [3.05, 3.63) is 36.0 Å². The molecule has 74 valence electrons. The van der Waals surface area contributed by atoms with Crippen molar-refractivity contribution in [2.75, 3.05) is 6.61 Å². The van der Waals surface area contributed by atoms with E-state index in [0.29, 0.717) is 0 Å². The van der Waals surface area contributed by atoms with Gasteiger partial charge in [0.05, 0.1) is 18.2 Å². The lowest BCUT2D eigenvalue weighted by atomic mass is 10.1. The summed E-state index contributed by atoms with van der Waals surface area (Å²) in [5.74, 6) is 0. The van der Waals surface area contributed by atoms with Crippen LogP contribution in [0.5, 0.6) is 0 Å². The Labute approximate surface area is 82.8 Å². The van der Waals surface area contributed by atoms with Gasteiger partial charge in [-0.15, -0.1) is 0 Å². The molecule has 14 heavy (non-hydrogen) atoms. The SMILES string of the molecule is Cn1ccc2cccc(C(N)CO)c21. The van der Waals surface area contributed by atoms with Gasteiger partial charge in [-0.25, -0.2) is 0 Å². The molecule has 0 aliphatic carbocycles. The number of benzene rings is 1. The molecule has 0 aliphatic heterocycles. The van der Waals surface area contributed by atoms with Crippen molar-refractivity contribution in [1.29, 1.82) is 0 Å². The van der Waals surface area contributed by atoms with Gasteiger partial charge in [-0.2, -0.15) is 0 Å². The van der Waals surface area contributed by atoms with E-state index in [1.165, 1.54) is 0 Å². The maximum Gasteiger partial charge on any atom is 0.0625 e. The number of nitrogens with zero attached hydrogens (tertiary/aromatic N) is 1. The van der Waals surface area contributed by atoms with Crippen LogP contribution < -0.4 is 5.73 Å². The molecule has 0 spiro atoms. The Morgan fingerprint density at radius 3 is 2.93 bits per heavy atom. The first-order chi connectivity index (χ1) is 6.74. The summed E-state index contributed by atoms with van der Waals surface area (Å²) < 4.78 is 2.03. The van der Waals surface area contributed by atoms with Crippen LogP contribution in [-0.2, 0) is 7.05 Å². The Morgan fingerprint density at radius 1 is 1.43 bits per heavy atom. The molecule has 3 nitrogen and oxygen atoms in total. The molecule has 2 rings (SSSR count). The molecular formula is C11H14N2O. The Hall–Kier alpha value is -1.32. The summed E-state index contributed by atoms with van der Waals surface area (Å²) >= 11 is 0. The zero-order valence-corrected chi connectivity index (χ0v) is 8.14. The molecule has 0 radical (unpaired) electrons. The molecule has 2 aromatic rings. The van der Waals surface area contributed by atoms with Crippen molar-refractivity contribution in [3.8, 4) is 0 Å². The third kappa shape index (κ3) is 1.31. The normalized spacial score (nSPS) is 13.4. The van der Waals surface area contributed by atoms with Gasteiger partial charge in [0.15, 0.2) is 0 Å². The van der Waals surface area contributed by atoms with Crippen LogP contribution in [0.25, 0.3) is 10.9 Å². The molecule has 0 amide bonds. The number of aryl methyl sites for hydroxylation is 1. The Bertz CT molecular complexity index is 447. The van der Waals surface area contributed by atoms with Gasteiger partial charge in [-0.1, -0.05) is 18.2 Å². The number of nitrogens with two attached hydrogens (primary N) is 1. The first-order valence-electron chi connectivity index (χ1n) is 4.64. The van der Waals surface area contributed by atoms with Gasteiger partial charge in [0, 0.05) is 13.2 Å². The Morgan fingerprint density at radius 2 is 2.21 bits per heavy atom. The van der Waals surface area contributed by atoms with E-state index in [1.807, 2.05) is 42.1 Å². The van der Waals surface area contributed by atoms with Crippen LogP contribution in [0.1, 0.15) is 11.6 Å². The molecule has 1 aromatic carbocycles. The fraction of sp³-hybridized carbons (Fsp3) is 0.273. The number of aliphatic hydroxyl groups excluding tert-OH is 1. The topological polar surface area (TPSA) is 51.2 Å². The van der Waals surface area contributed by atoms with Gasteiger partial charge in [0.2, 0.25) is 0 Å². The lowest BCUT2D eigenvalue weighted by Gasteiger charge is -2.11. The van der Waals surface area contributed by atoms with Crippen molar-refractivity contribution in [2.24, 2.45) is 12.8 Å². The maximum absolute atomic E-state index is 9.04. The van der Waals surface area contributed by atoms with Gasteiger partial charge in [-0.05, 0) is 17.0 Å². The summed E-state index contributed by atoms with van der Waals surface area (Å²) in [7, 11) is 1.98. The third-order valence-corrected chi connectivity index (χ3v) is 2.53. The van der Waals surface area contributed by atoms with E-state index in [0.717, 1.165) is 16.5 Å². The maximum atomic E-state index is 9.04. The average Bonchev–Trinajstić information content (AvgIpc) is 2.59. The van der Waals surface area contributed by atoms with E-state index < -0.39 is 0 Å². The standard InChI is InChI=1S/C11H14N2O/c1-13-6-5-8-3-2-4-9(11(8)13)10(12)7-14/h2-6,10,14H,7,12H2,1H3. The van der Waals surface area contributed by atoms with Crippen molar-refractivity contribution >= 4 is 10.9 Å². The molecule has 0 fully saturated rings. The van der Waals surface area contributed by atoms with E-state index >= 15 is 0 Å². The molecule has 1 aromatic heterocycles. The van der Waals surface area contributed by atoms with E-state index in [2.05, 4.69) is 0 Å². The van der Waals surface area contributed by atoms with Gasteiger partial charge in [0.25, 0.3) is 0 Å². The third-order valence-electron chi connectivity index (χ3n) is 2.53. The van der Waals surface area contributed by atoms with E-state index in [1.54, 1.807) is 0 Å². The second-order valence-electron chi connectivity index (χ2n) is 3.50. The largest absolute Gasteiger partial charge is 0.394 e. The lowest BCUT2D eigenvalue weighted by Crippen LogP contribution is -2.15. The van der Waals surface area contributed by atoms with Gasteiger partial charge in [0.1, 0.15) is 0 Å². The molecule has 1 atom stereocenters. The van der Waals surface area contributed by atoms with Crippen LogP contribution in [0.15, 0.2) is 30.5 Å². The summed E-state index contributed by atoms with van der Waals surface area (Å²) in [5.41, 5.74) is 7.93. The number of hydrogen-bond donors (Lipinski definition) is 2. The minimum atomic E-state index is -0.299. The predicted molar refractivity (Wildman–Crippen MR) is 56.9 cm³/mol. The minimum Gasteiger partial charge on any atom is -0.394 e. The molecule has 0 saturated heterocycles. The lowest BCUT2D eigenvalue weighted by molar-refractivity contribution is 0.268. The molecule has 3 heteroatoms. The Balaban J connectivity index is 2.69. The number of rotatable bonds is 2. The van der Waals surface area contributed by atoms with E-state index in [4.69, 9.17) is 10.8 Å². The highest BCUT2D eigenvalue weighted by atomic mass is 16.3. The van der Waals surface area contributed by atoms with Gasteiger partial charge < -0.3 is 15.4 Å². The molecule has 0 aliphatic rings. The summed E-state index contributed by atoms with van der Waals surface area (Å²) in [5, 5.41) is 10.2. The number of fused-ring (bicyclic) bond motifs is 1. The first-order valence-corrected chi connectivity index (χ1v) is 4.64. The van der Waals surface area contributed by atoms with Crippen LogP contribution in [-0.4, -0.2) is 16.3 Å². The second kappa shape index (κ2) is 3.44. The highest BCUT2D eigenvalue weighted by Crippen LogP contribution is 2.23. The van der Waals surface area contributed by atoms with Gasteiger partial charge >= 0.3 is 0 Å². The van der Waals surface area contributed by atoms with Crippen LogP contribution >= 0.6 is 0 Å². The van der Waals surface area contributed by atoms with Crippen LogP contribution in [0.3, 0.4) is 0 Å². The molecule has 3 N–H and O–H groups in total. The van der Waals surface area contributed by atoms with E-state index in [-0.39, 0.29) is 12.6 Å². The highest BCUT2D eigenvalue weighted by molar-refractivity contribution is 5.83. The zero-order valence-electron chi connectivity index (χ0n) is 8.14. The fourth-order valence-corrected chi connectivity index (χ4v) is 1.79. The minimum absolute atomic E-state index is 0.0235. The van der Waals surface area contributed by atoms with Gasteiger partial charge in [-0.3, -0.25) is 0 Å². The van der Waals surface area contributed by atoms with Crippen molar-refractivity contribution in [3.63, 3.8) is 0 Å². The average molecular weight is 190 g/mol. The predicted octanol–water partition coefficient (Wildman–Crippen LogP) is 1.17. The molecule has 1 unspecified atom stereocenters. The summed E-state index contributed by atoms with van der Waals surface area (Å²) in [6, 6.07) is 7.72. The monoisotopic (exact) mass is 190 g/mol. The number of hydrogen-bond acceptors (Lipinski definition) is 2. The van der Waals surface area contributed by atoms with Crippen LogP contribution in [0.4, 0.5) is 0 Å². The van der Waals surface area contributed by atoms with Crippen molar-refractivity contribution < 1.29 is 5.11 Å². The molecule has 0 bridgehead atoms. The molecule has 0 saturated carbocycles. The number of aliphatic hydroxyl groups is 1. The molecule has 1 heterocycles. The van der Waals surface area contributed by atoms with Crippen molar-refractivity contribution in [2.45, 2.75) is 6.04 Å². The van der Waals surface area contributed by atoms with E-state index in [9.17, 15) is 0 Å². The smallest absolute Gasteiger partial charge is 0.0625 e. The van der Waals surface area contributed by atoms with Crippen LogP contribution in [0, 0.1) is 0 Å². The van der Waals surface area contributed by atoms with Crippen LogP contribution in [0.2, 0.25) is 0 Å². The quantitative estimate of drug-likeness (QED) is 0.747. The summed E-state index contributed by atoms with van der Waals surface area (Å²) in [6.45, 7) is -0.0235. The Kier molecular flexibility index (Phi) is 2.27. The molecular weight excluding hydrogens is 176 g/mol. The fourth-order valence-electron chi connectivity index (χ4n) is 1.79. The first kappa shape index (κ1) is 9.24. The number of aromatic nitrogens is 1. The number of para-hydroxylation sites is 1. The second-order valence-corrected chi connectivity index (χ2v) is 3.50. The zero-order chi connectivity index (χ0) is 10.1. The summed E-state index contributed by atoms with van der Waals surface area (Å²) in [4.78, 5) is 0. The van der Waals surface area contributed by atoms with Crippen molar-refractivity contribution in [1.82, 2.24) is 4.57 Å². The summed E-state index contributed by atoms with van der Waals surface area (Å²) in [6.07, 6.45) is 2.00.